The summed E-state index contributed by atoms with van der Waals surface area (Å²) < 4.78 is 21.0. The van der Waals surface area contributed by atoms with Crippen LogP contribution in [0.1, 0.15) is 11.3 Å². The molecule has 0 bridgehead atoms. The number of benzene rings is 2. The number of nitrogens with one attached hydrogen (secondary N) is 3. The number of nitrogens with zero attached hydrogens (tertiary/aromatic N) is 1. The quantitative estimate of drug-likeness (QED) is 0.229. The summed E-state index contributed by atoms with van der Waals surface area (Å²) in [5.74, 6) is -0.237. The maximum atomic E-state index is 12.2. The number of hydrazone groups is 1. The van der Waals surface area contributed by atoms with Crippen molar-refractivity contribution in [1.82, 2.24) is 10.7 Å². The van der Waals surface area contributed by atoms with Crippen molar-refractivity contribution in [1.29, 1.82) is 0 Å². The molecule has 11 nitrogen and oxygen atoms in total. The summed E-state index contributed by atoms with van der Waals surface area (Å²) in [6, 6.07) is 15.1. The van der Waals surface area contributed by atoms with Crippen molar-refractivity contribution in [2.45, 2.75) is 6.54 Å². The van der Waals surface area contributed by atoms with E-state index in [1.807, 2.05) is 0 Å². The van der Waals surface area contributed by atoms with E-state index in [-0.39, 0.29) is 19.1 Å². The van der Waals surface area contributed by atoms with Crippen LogP contribution in [0.4, 0.5) is 5.69 Å². The molecule has 35 heavy (non-hydrogen) atoms. The van der Waals surface area contributed by atoms with E-state index in [1.54, 1.807) is 61.7 Å². The van der Waals surface area contributed by atoms with Crippen molar-refractivity contribution in [2.24, 2.45) is 5.10 Å². The number of methoxy groups -OCH3 is 2. The van der Waals surface area contributed by atoms with Gasteiger partial charge in [-0.15, -0.1) is 0 Å². The highest BCUT2D eigenvalue weighted by atomic mass is 16.5. The second kappa shape index (κ2) is 12.4. The Morgan fingerprint density at radius 3 is 2.46 bits per heavy atom. The number of rotatable bonds is 10. The lowest BCUT2D eigenvalue weighted by Crippen LogP contribution is -2.37. The average molecular weight is 480 g/mol. The molecule has 3 N–H and O–H groups in total. The van der Waals surface area contributed by atoms with E-state index in [4.69, 9.17) is 18.6 Å². The summed E-state index contributed by atoms with van der Waals surface area (Å²) in [6.45, 7) is -0.154. The molecule has 0 unspecified atom stereocenters. The zero-order chi connectivity index (χ0) is 25.0. The maximum Gasteiger partial charge on any atom is 0.329 e. The first-order valence-corrected chi connectivity index (χ1v) is 10.4. The van der Waals surface area contributed by atoms with Crippen LogP contribution in [0.2, 0.25) is 0 Å². The first kappa shape index (κ1) is 24.8. The fraction of sp³-hybridized carbons (Fsp3) is 0.167. The van der Waals surface area contributed by atoms with Crippen molar-refractivity contribution in [3.63, 3.8) is 0 Å². The molecule has 11 heteroatoms. The molecule has 2 aromatic carbocycles. The van der Waals surface area contributed by atoms with E-state index in [0.717, 1.165) is 0 Å². The fourth-order valence-corrected chi connectivity index (χ4v) is 2.78. The van der Waals surface area contributed by atoms with Gasteiger partial charge in [0.2, 0.25) is 0 Å². The highest BCUT2D eigenvalue weighted by Crippen LogP contribution is 2.27. The van der Waals surface area contributed by atoms with Gasteiger partial charge in [0.25, 0.3) is 5.91 Å². The maximum absolute atomic E-state index is 12.2. The Morgan fingerprint density at radius 1 is 0.971 bits per heavy atom. The summed E-state index contributed by atoms with van der Waals surface area (Å²) in [5.41, 5.74) is 3.31. The van der Waals surface area contributed by atoms with Crippen molar-refractivity contribution in [3.8, 4) is 17.2 Å². The smallest absolute Gasteiger partial charge is 0.329 e. The Balaban J connectivity index is 1.48. The molecule has 0 aliphatic carbocycles. The van der Waals surface area contributed by atoms with Crippen LogP contribution in [0.15, 0.2) is 70.4 Å². The predicted octanol–water partition coefficient (Wildman–Crippen LogP) is 2.08. The fourth-order valence-electron chi connectivity index (χ4n) is 2.78. The molecular weight excluding hydrogens is 456 g/mol. The van der Waals surface area contributed by atoms with E-state index in [0.29, 0.717) is 34.3 Å². The van der Waals surface area contributed by atoms with Gasteiger partial charge in [-0.2, -0.15) is 5.10 Å². The summed E-state index contributed by atoms with van der Waals surface area (Å²) in [7, 11) is 3.01. The van der Waals surface area contributed by atoms with Gasteiger partial charge in [-0.3, -0.25) is 14.4 Å². The van der Waals surface area contributed by atoms with Gasteiger partial charge in [0.15, 0.2) is 18.1 Å². The second-order valence-electron chi connectivity index (χ2n) is 6.94. The molecule has 3 aromatic rings. The van der Waals surface area contributed by atoms with Gasteiger partial charge in [0.05, 0.1) is 33.2 Å². The molecule has 3 amide bonds. The number of anilines is 1. The highest BCUT2D eigenvalue weighted by molar-refractivity contribution is 6.35. The van der Waals surface area contributed by atoms with E-state index in [1.165, 1.54) is 19.6 Å². The largest absolute Gasteiger partial charge is 0.497 e. The zero-order valence-corrected chi connectivity index (χ0v) is 19.1. The molecule has 0 aliphatic rings. The van der Waals surface area contributed by atoms with Crippen LogP contribution in [0, 0.1) is 0 Å². The lowest BCUT2D eigenvalue weighted by molar-refractivity contribution is -0.139. The molecular formula is C24H24N4O7. The summed E-state index contributed by atoms with van der Waals surface area (Å²) >= 11 is 0. The van der Waals surface area contributed by atoms with Crippen LogP contribution in [-0.2, 0) is 20.9 Å². The average Bonchev–Trinajstić information content (AvgIpc) is 3.40. The zero-order valence-electron chi connectivity index (χ0n) is 19.1. The van der Waals surface area contributed by atoms with Gasteiger partial charge in [0.1, 0.15) is 11.5 Å². The van der Waals surface area contributed by atoms with Gasteiger partial charge in [-0.05, 0) is 60.2 Å². The van der Waals surface area contributed by atoms with Crippen LogP contribution < -0.4 is 30.3 Å². The Bertz CT molecular complexity index is 1180. The topological polar surface area (TPSA) is 140 Å². The van der Waals surface area contributed by atoms with Gasteiger partial charge in [-0.1, -0.05) is 0 Å². The lowest BCUT2D eigenvalue weighted by Gasteiger charge is -2.11. The van der Waals surface area contributed by atoms with E-state index < -0.39 is 11.8 Å². The van der Waals surface area contributed by atoms with Gasteiger partial charge in [0, 0.05) is 5.69 Å². The molecule has 0 saturated heterocycles. The normalized spacial score (nSPS) is 10.5. The van der Waals surface area contributed by atoms with Crippen LogP contribution in [0.25, 0.3) is 0 Å². The number of hydrogen-bond donors (Lipinski definition) is 3. The van der Waals surface area contributed by atoms with Crippen LogP contribution >= 0.6 is 0 Å². The minimum Gasteiger partial charge on any atom is -0.497 e. The monoisotopic (exact) mass is 480 g/mol. The van der Waals surface area contributed by atoms with Crippen LogP contribution in [-0.4, -0.2) is 44.8 Å². The molecule has 3 rings (SSSR count). The number of furan rings is 1. The molecule has 0 atom stereocenters. The van der Waals surface area contributed by atoms with Crippen LogP contribution in [0.3, 0.4) is 0 Å². The van der Waals surface area contributed by atoms with Crippen molar-refractivity contribution >= 4 is 29.6 Å². The number of amides is 3. The Morgan fingerprint density at radius 2 is 1.77 bits per heavy atom. The minimum absolute atomic E-state index is 0.0831. The van der Waals surface area contributed by atoms with Crippen LogP contribution in [0.5, 0.6) is 17.2 Å². The molecule has 0 fully saturated rings. The lowest BCUT2D eigenvalue weighted by atomic mass is 10.2. The molecule has 1 aromatic heterocycles. The Kier molecular flexibility index (Phi) is 8.83. The molecule has 1 heterocycles. The summed E-state index contributed by atoms with van der Waals surface area (Å²) in [4.78, 5) is 35.8. The minimum atomic E-state index is -0.928. The van der Waals surface area contributed by atoms with Gasteiger partial charge < -0.3 is 29.3 Å². The molecule has 0 radical (unpaired) electrons. The van der Waals surface area contributed by atoms with Gasteiger partial charge in [-0.25, -0.2) is 5.43 Å². The Hall–Kier alpha value is -4.80. The van der Waals surface area contributed by atoms with Crippen molar-refractivity contribution < 1.29 is 33.0 Å². The first-order valence-electron chi connectivity index (χ1n) is 10.4. The summed E-state index contributed by atoms with van der Waals surface area (Å²) in [5, 5.41) is 8.89. The molecule has 0 saturated carbocycles. The third kappa shape index (κ3) is 7.63. The number of carbonyl (C=O) groups excluding carboxylic acids is 3. The summed E-state index contributed by atoms with van der Waals surface area (Å²) in [6.07, 6.45) is 2.80. The van der Waals surface area contributed by atoms with Crippen molar-refractivity contribution in [3.05, 3.63) is 72.2 Å². The number of hydrogen-bond acceptors (Lipinski definition) is 8. The predicted molar refractivity (Wildman–Crippen MR) is 126 cm³/mol. The third-order valence-corrected chi connectivity index (χ3v) is 4.51. The molecule has 0 aliphatic heterocycles. The van der Waals surface area contributed by atoms with Gasteiger partial charge >= 0.3 is 11.8 Å². The third-order valence-electron chi connectivity index (χ3n) is 4.51. The number of ether oxygens (including phenoxy) is 3. The second-order valence-corrected chi connectivity index (χ2v) is 6.94. The molecule has 182 valence electrons. The standard InChI is InChI=1S/C24H24N4O7/c1-32-18-8-6-17(7-9-18)27-22(29)15-35-20-10-5-16(12-21(20)33-2)13-26-28-24(31)23(30)25-14-19-4-3-11-34-19/h3-13H,14-15H2,1-2H3,(H,25,30)(H,27,29)(H,28,31)/b26-13-. The highest BCUT2D eigenvalue weighted by Gasteiger charge is 2.13. The van der Waals surface area contributed by atoms with E-state index in [2.05, 4.69) is 21.2 Å². The SMILES string of the molecule is COc1ccc(NC(=O)COc2ccc(/C=N\NC(=O)C(=O)NCc3ccco3)cc2OC)cc1. The van der Waals surface area contributed by atoms with E-state index >= 15 is 0 Å². The molecule has 0 spiro atoms. The van der Waals surface area contributed by atoms with Crippen molar-refractivity contribution in [2.75, 3.05) is 26.1 Å². The first-order chi connectivity index (χ1) is 17.0. The Labute approximate surface area is 201 Å². The van der Waals surface area contributed by atoms with E-state index in [9.17, 15) is 14.4 Å². The number of carbonyl (C=O) groups is 3.